The molecule has 2 rings (SSSR count). The van der Waals surface area contributed by atoms with Crippen LogP contribution in [0.2, 0.25) is 0 Å². The van der Waals surface area contributed by atoms with Crippen LogP contribution in [0.4, 0.5) is 0 Å². The third kappa shape index (κ3) is 3.21. The number of nitrogens with zero attached hydrogens (tertiary/aromatic N) is 1. The van der Waals surface area contributed by atoms with Crippen LogP contribution in [0.25, 0.3) is 0 Å². The van der Waals surface area contributed by atoms with E-state index in [2.05, 4.69) is 50.3 Å². The van der Waals surface area contributed by atoms with Crippen molar-refractivity contribution in [2.45, 2.75) is 58.1 Å². The van der Waals surface area contributed by atoms with E-state index in [0.717, 1.165) is 13.0 Å². The number of fused-ring (bicyclic) bond motifs is 1. The minimum absolute atomic E-state index is 0.239. The Morgan fingerprint density at radius 1 is 1.45 bits per heavy atom. The first kappa shape index (κ1) is 15.5. The van der Waals surface area contributed by atoms with Gasteiger partial charge in [0, 0.05) is 30.5 Å². The monoisotopic (exact) mass is 276 g/mol. The maximum absolute atomic E-state index is 6.03. The lowest BCUT2D eigenvalue weighted by atomic mass is 9.78. The number of aromatic nitrogens is 1. The number of hydrogen-bond donors (Lipinski definition) is 1. The lowest BCUT2D eigenvalue weighted by molar-refractivity contribution is -0.00332. The Labute approximate surface area is 123 Å². The van der Waals surface area contributed by atoms with Gasteiger partial charge < -0.3 is 10.1 Å². The summed E-state index contributed by atoms with van der Waals surface area (Å²) in [6.45, 7) is 7.33. The van der Waals surface area contributed by atoms with Gasteiger partial charge >= 0.3 is 0 Å². The number of ether oxygens (including phenoxy) is 1. The Morgan fingerprint density at radius 2 is 2.25 bits per heavy atom. The summed E-state index contributed by atoms with van der Waals surface area (Å²) in [7, 11) is 2.05. The van der Waals surface area contributed by atoms with Gasteiger partial charge in [-0.25, -0.2) is 0 Å². The lowest BCUT2D eigenvalue weighted by Crippen LogP contribution is -2.47. The predicted octanol–water partition coefficient (Wildman–Crippen LogP) is 3.15. The van der Waals surface area contributed by atoms with Gasteiger partial charge in [0.15, 0.2) is 0 Å². The van der Waals surface area contributed by atoms with E-state index in [-0.39, 0.29) is 6.10 Å². The summed E-state index contributed by atoms with van der Waals surface area (Å²) in [6, 6.07) is 4.62. The Bertz CT molecular complexity index is 419. The summed E-state index contributed by atoms with van der Waals surface area (Å²) in [6.07, 6.45) is 5.78. The van der Waals surface area contributed by atoms with Gasteiger partial charge in [-0.2, -0.15) is 0 Å². The van der Waals surface area contributed by atoms with E-state index in [4.69, 9.17) is 4.74 Å². The molecule has 112 valence electrons. The molecule has 0 saturated carbocycles. The normalized spacial score (nSPS) is 21.6. The van der Waals surface area contributed by atoms with Gasteiger partial charge in [-0.15, -0.1) is 0 Å². The molecule has 3 atom stereocenters. The number of rotatable bonds is 6. The molecule has 1 N–H and O–H groups in total. The van der Waals surface area contributed by atoms with Crippen LogP contribution in [-0.4, -0.2) is 30.8 Å². The number of hydrogen-bond acceptors (Lipinski definition) is 3. The molecule has 1 aromatic rings. The van der Waals surface area contributed by atoms with Crippen LogP contribution >= 0.6 is 0 Å². The minimum Gasteiger partial charge on any atom is -0.377 e. The van der Waals surface area contributed by atoms with Crippen molar-refractivity contribution in [3.8, 4) is 0 Å². The Morgan fingerprint density at radius 3 is 2.90 bits per heavy atom. The maximum Gasteiger partial charge on any atom is 0.0757 e. The SMILES string of the molecule is CCOC(C(C)C)C(NC)C1CCCc2cccnc21. The second-order valence-electron chi connectivity index (χ2n) is 6.02. The molecule has 3 unspecified atom stereocenters. The fourth-order valence-corrected chi connectivity index (χ4v) is 3.49. The van der Waals surface area contributed by atoms with Crippen molar-refractivity contribution in [2.24, 2.45) is 5.92 Å². The van der Waals surface area contributed by atoms with Crippen LogP contribution in [0, 0.1) is 5.92 Å². The van der Waals surface area contributed by atoms with Gasteiger partial charge in [0.05, 0.1) is 6.10 Å². The van der Waals surface area contributed by atoms with Crippen molar-refractivity contribution in [3.05, 3.63) is 29.6 Å². The Hall–Kier alpha value is -0.930. The molecular weight excluding hydrogens is 248 g/mol. The number of likely N-dealkylation sites (N-methyl/N-ethyl adjacent to an activating group) is 1. The van der Waals surface area contributed by atoms with E-state index in [0.29, 0.717) is 17.9 Å². The van der Waals surface area contributed by atoms with Crippen molar-refractivity contribution >= 4 is 0 Å². The minimum atomic E-state index is 0.239. The molecule has 0 aromatic carbocycles. The summed E-state index contributed by atoms with van der Waals surface area (Å²) in [5.41, 5.74) is 2.70. The molecule has 1 aromatic heterocycles. The standard InChI is InChI=1S/C17H28N2O/c1-5-20-17(12(2)3)16(18-4)14-10-6-8-13-9-7-11-19-15(13)14/h7,9,11-12,14,16-18H,5-6,8,10H2,1-4H3. The van der Waals surface area contributed by atoms with Crippen LogP contribution in [0.5, 0.6) is 0 Å². The van der Waals surface area contributed by atoms with Crippen molar-refractivity contribution in [1.29, 1.82) is 0 Å². The summed E-state index contributed by atoms with van der Waals surface area (Å²) in [5, 5.41) is 3.51. The predicted molar refractivity (Wildman–Crippen MR) is 83.0 cm³/mol. The average molecular weight is 276 g/mol. The summed E-state index contributed by atoms with van der Waals surface area (Å²) < 4.78 is 6.03. The number of aryl methyl sites for hydroxylation is 1. The number of nitrogens with one attached hydrogen (secondary N) is 1. The summed E-state index contributed by atoms with van der Waals surface area (Å²) in [4.78, 5) is 4.68. The highest BCUT2D eigenvalue weighted by Crippen LogP contribution is 2.35. The molecule has 0 saturated heterocycles. The van der Waals surface area contributed by atoms with E-state index in [9.17, 15) is 0 Å². The zero-order valence-electron chi connectivity index (χ0n) is 13.2. The molecule has 1 aliphatic carbocycles. The molecule has 1 aliphatic rings. The first-order valence-corrected chi connectivity index (χ1v) is 7.91. The van der Waals surface area contributed by atoms with Gasteiger partial charge in [-0.3, -0.25) is 4.98 Å². The van der Waals surface area contributed by atoms with Gasteiger partial charge in [-0.1, -0.05) is 19.9 Å². The zero-order valence-corrected chi connectivity index (χ0v) is 13.2. The molecule has 20 heavy (non-hydrogen) atoms. The van der Waals surface area contributed by atoms with Crippen molar-refractivity contribution in [3.63, 3.8) is 0 Å². The third-order valence-electron chi connectivity index (χ3n) is 4.38. The van der Waals surface area contributed by atoms with Crippen molar-refractivity contribution in [1.82, 2.24) is 10.3 Å². The largest absolute Gasteiger partial charge is 0.377 e. The number of pyridine rings is 1. The van der Waals surface area contributed by atoms with Gasteiger partial charge in [0.25, 0.3) is 0 Å². The Kier molecular flexibility index (Phi) is 5.55. The second-order valence-corrected chi connectivity index (χ2v) is 6.02. The quantitative estimate of drug-likeness (QED) is 0.866. The van der Waals surface area contributed by atoms with Gasteiger partial charge in [0.2, 0.25) is 0 Å². The summed E-state index contributed by atoms with van der Waals surface area (Å²) in [5.74, 6) is 0.963. The molecule has 0 amide bonds. The lowest BCUT2D eigenvalue weighted by Gasteiger charge is -2.37. The van der Waals surface area contributed by atoms with E-state index in [1.54, 1.807) is 0 Å². The molecule has 0 fully saturated rings. The zero-order chi connectivity index (χ0) is 14.5. The Balaban J connectivity index is 2.28. The molecular formula is C17H28N2O. The highest BCUT2D eigenvalue weighted by atomic mass is 16.5. The van der Waals surface area contributed by atoms with Crippen molar-refractivity contribution < 1.29 is 4.74 Å². The van der Waals surface area contributed by atoms with E-state index in [1.165, 1.54) is 24.1 Å². The van der Waals surface area contributed by atoms with E-state index >= 15 is 0 Å². The van der Waals surface area contributed by atoms with E-state index < -0.39 is 0 Å². The topological polar surface area (TPSA) is 34.1 Å². The van der Waals surface area contributed by atoms with Crippen LogP contribution in [0.15, 0.2) is 18.3 Å². The van der Waals surface area contributed by atoms with Crippen LogP contribution in [-0.2, 0) is 11.2 Å². The third-order valence-corrected chi connectivity index (χ3v) is 4.38. The van der Waals surface area contributed by atoms with E-state index in [1.807, 2.05) is 6.20 Å². The smallest absolute Gasteiger partial charge is 0.0757 e. The molecule has 3 heteroatoms. The van der Waals surface area contributed by atoms with Crippen molar-refractivity contribution in [2.75, 3.05) is 13.7 Å². The fraction of sp³-hybridized carbons (Fsp3) is 0.706. The first-order valence-electron chi connectivity index (χ1n) is 7.91. The molecule has 0 aliphatic heterocycles. The van der Waals surface area contributed by atoms with Crippen LogP contribution in [0.3, 0.4) is 0 Å². The van der Waals surface area contributed by atoms with Crippen LogP contribution < -0.4 is 5.32 Å². The summed E-state index contributed by atoms with van der Waals surface area (Å²) >= 11 is 0. The first-order chi connectivity index (χ1) is 9.69. The molecule has 0 spiro atoms. The average Bonchev–Trinajstić information content (AvgIpc) is 2.47. The fourth-order valence-electron chi connectivity index (χ4n) is 3.49. The van der Waals surface area contributed by atoms with Gasteiger partial charge in [0.1, 0.15) is 0 Å². The highest BCUT2D eigenvalue weighted by molar-refractivity contribution is 5.27. The van der Waals surface area contributed by atoms with Gasteiger partial charge in [-0.05, 0) is 50.8 Å². The molecule has 1 heterocycles. The molecule has 0 bridgehead atoms. The molecule has 3 nitrogen and oxygen atoms in total. The molecule has 0 radical (unpaired) electrons. The second kappa shape index (κ2) is 7.19. The van der Waals surface area contributed by atoms with Crippen LogP contribution in [0.1, 0.15) is 50.8 Å². The highest BCUT2D eigenvalue weighted by Gasteiger charge is 2.35. The maximum atomic E-state index is 6.03.